The summed E-state index contributed by atoms with van der Waals surface area (Å²) >= 11 is 1.59. The Morgan fingerprint density at radius 2 is 2.54 bits per heavy atom. The van der Waals surface area contributed by atoms with E-state index in [0.717, 1.165) is 10.8 Å². The molecule has 0 atom stereocenters. The van der Waals surface area contributed by atoms with Crippen LogP contribution in [0.15, 0.2) is 5.38 Å². The van der Waals surface area contributed by atoms with E-state index in [4.69, 9.17) is 0 Å². The maximum Gasteiger partial charge on any atom is 0.183 e. The molecule has 1 aromatic rings. The van der Waals surface area contributed by atoms with Gasteiger partial charge in [-0.25, -0.2) is 4.98 Å². The van der Waals surface area contributed by atoms with E-state index in [1.54, 1.807) is 18.3 Å². The largest absolute Gasteiger partial charge is 0.359 e. The molecule has 70 valence electrons. The van der Waals surface area contributed by atoms with Crippen molar-refractivity contribution in [1.29, 1.82) is 0 Å². The van der Waals surface area contributed by atoms with Gasteiger partial charge in [-0.15, -0.1) is 11.3 Å². The Morgan fingerprint density at radius 3 is 3.15 bits per heavy atom. The van der Waals surface area contributed by atoms with Gasteiger partial charge in [-0.05, 0) is 19.8 Å². The highest BCUT2D eigenvalue weighted by atomic mass is 32.1. The fourth-order valence-corrected chi connectivity index (χ4v) is 1.90. The van der Waals surface area contributed by atoms with Crippen LogP contribution in [-0.2, 0) is 11.2 Å². The summed E-state index contributed by atoms with van der Waals surface area (Å²) in [5, 5.41) is 6.21. The second-order valence-electron chi connectivity index (χ2n) is 3.44. The summed E-state index contributed by atoms with van der Waals surface area (Å²) in [6, 6.07) is 0.635. The molecule has 0 spiro atoms. The Labute approximate surface area is 81.2 Å². The summed E-state index contributed by atoms with van der Waals surface area (Å²) in [6.45, 7) is 1.59. The predicted molar refractivity (Wildman–Crippen MR) is 53.1 cm³/mol. The Kier molecular flexibility index (Phi) is 2.31. The van der Waals surface area contributed by atoms with Crippen molar-refractivity contribution >= 4 is 22.3 Å². The molecule has 1 aliphatic rings. The van der Waals surface area contributed by atoms with E-state index in [0.29, 0.717) is 12.5 Å². The van der Waals surface area contributed by atoms with Crippen LogP contribution in [-0.4, -0.2) is 16.8 Å². The minimum Gasteiger partial charge on any atom is -0.359 e. The molecule has 0 radical (unpaired) electrons. The van der Waals surface area contributed by atoms with Crippen LogP contribution in [0.5, 0.6) is 0 Å². The average molecular weight is 196 g/mol. The average Bonchev–Trinajstić information content (AvgIpc) is 2.73. The summed E-state index contributed by atoms with van der Waals surface area (Å²) in [4.78, 5) is 15.1. The zero-order chi connectivity index (χ0) is 9.26. The lowest BCUT2D eigenvalue weighted by Gasteiger charge is -1.95. The van der Waals surface area contributed by atoms with Gasteiger partial charge in [0.1, 0.15) is 5.78 Å². The van der Waals surface area contributed by atoms with Crippen LogP contribution in [0, 0.1) is 0 Å². The Morgan fingerprint density at radius 1 is 1.77 bits per heavy atom. The predicted octanol–water partition coefficient (Wildman–Crippen LogP) is 1.85. The molecule has 0 amide bonds. The number of carbonyl (C=O) groups excluding carboxylic acids is 1. The fourth-order valence-electron chi connectivity index (χ4n) is 1.11. The number of aromatic nitrogens is 1. The lowest BCUT2D eigenvalue weighted by Crippen LogP contribution is -2.01. The van der Waals surface area contributed by atoms with E-state index in [9.17, 15) is 4.79 Å². The van der Waals surface area contributed by atoms with Gasteiger partial charge in [0.25, 0.3) is 0 Å². The summed E-state index contributed by atoms with van der Waals surface area (Å²) in [5.41, 5.74) is 0.889. The van der Waals surface area contributed by atoms with Gasteiger partial charge in [0.2, 0.25) is 0 Å². The van der Waals surface area contributed by atoms with Crippen molar-refractivity contribution in [1.82, 2.24) is 4.98 Å². The van der Waals surface area contributed by atoms with Gasteiger partial charge < -0.3 is 5.32 Å². The molecule has 3 nitrogen and oxygen atoms in total. The van der Waals surface area contributed by atoms with Crippen LogP contribution < -0.4 is 5.32 Å². The molecular formula is C9H12N2OS. The molecule has 13 heavy (non-hydrogen) atoms. The molecule has 0 unspecified atom stereocenters. The molecule has 0 bridgehead atoms. The van der Waals surface area contributed by atoms with E-state index >= 15 is 0 Å². The SMILES string of the molecule is CC(=O)Cc1csc(NC2CC2)n1. The van der Waals surface area contributed by atoms with E-state index in [-0.39, 0.29) is 5.78 Å². The van der Waals surface area contributed by atoms with Crippen LogP contribution >= 0.6 is 11.3 Å². The first-order valence-electron chi connectivity index (χ1n) is 4.44. The highest BCUT2D eigenvalue weighted by Crippen LogP contribution is 2.26. The molecule has 4 heteroatoms. The molecule has 1 aromatic heterocycles. The third-order valence-electron chi connectivity index (χ3n) is 1.89. The standard InChI is InChI=1S/C9H12N2OS/c1-6(12)4-8-5-13-9(11-8)10-7-2-3-7/h5,7H,2-4H2,1H3,(H,10,11). The quantitative estimate of drug-likeness (QED) is 0.799. The lowest BCUT2D eigenvalue weighted by atomic mass is 10.3. The second-order valence-corrected chi connectivity index (χ2v) is 4.30. The summed E-state index contributed by atoms with van der Waals surface area (Å²) < 4.78 is 0. The Hall–Kier alpha value is -0.900. The number of carbonyl (C=O) groups is 1. The van der Waals surface area contributed by atoms with Crippen molar-refractivity contribution in [2.75, 3.05) is 5.32 Å². The number of nitrogens with one attached hydrogen (secondary N) is 1. The van der Waals surface area contributed by atoms with Crippen LogP contribution in [0.4, 0.5) is 5.13 Å². The summed E-state index contributed by atoms with van der Waals surface area (Å²) in [5.74, 6) is 0.170. The van der Waals surface area contributed by atoms with Crippen LogP contribution in [0.3, 0.4) is 0 Å². The molecular weight excluding hydrogens is 184 g/mol. The first kappa shape index (κ1) is 8.69. The van der Waals surface area contributed by atoms with Crippen molar-refractivity contribution in [2.45, 2.75) is 32.2 Å². The highest BCUT2D eigenvalue weighted by Gasteiger charge is 2.21. The summed E-state index contributed by atoms with van der Waals surface area (Å²) in [6.07, 6.45) is 2.96. The fraction of sp³-hybridized carbons (Fsp3) is 0.556. The molecule has 1 heterocycles. The van der Waals surface area contributed by atoms with Gasteiger partial charge in [0.05, 0.1) is 5.69 Å². The van der Waals surface area contributed by atoms with Gasteiger partial charge in [0, 0.05) is 17.8 Å². The summed E-state index contributed by atoms with van der Waals surface area (Å²) in [7, 11) is 0. The van der Waals surface area contributed by atoms with Crippen molar-refractivity contribution in [3.63, 3.8) is 0 Å². The Bertz CT molecular complexity index is 317. The van der Waals surface area contributed by atoms with E-state index in [1.165, 1.54) is 12.8 Å². The molecule has 1 N–H and O–H groups in total. The maximum absolute atomic E-state index is 10.8. The zero-order valence-corrected chi connectivity index (χ0v) is 8.36. The normalized spacial score (nSPS) is 15.8. The van der Waals surface area contributed by atoms with E-state index < -0.39 is 0 Å². The van der Waals surface area contributed by atoms with E-state index in [2.05, 4.69) is 10.3 Å². The monoisotopic (exact) mass is 196 g/mol. The minimum absolute atomic E-state index is 0.170. The lowest BCUT2D eigenvalue weighted by molar-refractivity contribution is -0.116. The third kappa shape index (κ3) is 2.52. The molecule has 2 rings (SSSR count). The van der Waals surface area contributed by atoms with Crippen molar-refractivity contribution in [3.05, 3.63) is 11.1 Å². The first-order valence-corrected chi connectivity index (χ1v) is 5.32. The number of thiazole rings is 1. The van der Waals surface area contributed by atoms with Crippen LogP contribution in [0.25, 0.3) is 0 Å². The van der Waals surface area contributed by atoms with Gasteiger partial charge in [-0.3, -0.25) is 4.79 Å². The molecule has 1 saturated carbocycles. The smallest absolute Gasteiger partial charge is 0.183 e. The van der Waals surface area contributed by atoms with Gasteiger partial charge >= 0.3 is 0 Å². The molecule has 0 saturated heterocycles. The number of Topliss-reactive ketones (excluding diaryl/α,β-unsaturated/α-hetero) is 1. The van der Waals surface area contributed by atoms with Gasteiger partial charge in [-0.1, -0.05) is 0 Å². The number of nitrogens with zero attached hydrogens (tertiary/aromatic N) is 1. The molecule has 0 aromatic carbocycles. The molecule has 1 fully saturated rings. The van der Waals surface area contributed by atoms with E-state index in [1.807, 2.05) is 5.38 Å². The number of hydrogen-bond acceptors (Lipinski definition) is 4. The minimum atomic E-state index is 0.170. The van der Waals surface area contributed by atoms with Crippen molar-refractivity contribution < 1.29 is 4.79 Å². The zero-order valence-electron chi connectivity index (χ0n) is 7.54. The van der Waals surface area contributed by atoms with Crippen molar-refractivity contribution in [3.8, 4) is 0 Å². The third-order valence-corrected chi connectivity index (χ3v) is 2.71. The number of hydrogen-bond donors (Lipinski definition) is 1. The highest BCUT2D eigenvalue weighted by molar-refractivity contribution is 7.13. The molecule has 1 aliphatic carbocycles. The van der Waals surface area contributed by atoms with Crippen LogP contribution in [0.1, 0.15) is 25.5 Å². The van der Waals surface area contributed by atoms with Crippen LogP contribution in [0.2, 0.25) is 0 Å². The number of rotatable bonds is 4. The van der Waals surface area contributed by atoms with Gasteiger partial charge in [0.15, 0.2) is 5.13 Å². The maximum atomic E-state index is 10.8. The molecule has 0 aliphatic heterocycles. The topological polar surface area (TPSA) is 42.0 Å². The number of ketones is 1. The first-order chi connectivity index (χ1) is 6.24. The second kappa shape index (κ2) is 3.46. The van der Waals surface area contributed by atoms with Crippen molar-refractivity contribution in [2.24, 2.45) is 0 Å². The Balaban J connectivity index is 1.95. The number of anilines is 1. The van der Waals surface area contributed by atoms with Gasteiger partial charge in [-0.2, -0.15) is 0 Å².